The van der Waals surface area contributed by atoms with Crippen molar-refractivity contribution in [2.75, 3.05) is 12.3 Å². The average Bonchev–Trinajstić information content (AvgIpc) is 3.03. The monoisotopic (exact) mass is 578 g/mol. The van der Waals surface area contributed by atoms with Crippen LogP contribution in [0.25, 0.3) is 0 Å². The second kappa shape index (κ2) is 11.7. The van der Waals surface area contributed by atoms with Gasteiger partial charge in [0.15, 0.2) is 6.23 Å². The molecule has 1 aromatic carbocycles. The molecule has 0 bridgehead atoms. The van der Waals surface area contributed by atoms with E-state index in [2.05, 4.69) is 10.1 Å². The number of hydrogen-bond donors (Lipinski definition) is 3. The largest absolute Gasteiger partial charge is 0.462 e. The van der Waals surface area contributed by atoms with Crippen molar-refractivity contribution in [3.8, 4) is 5.75 Å². The molecule has 0 spiro atoms. The van der Waals surface area contributed by atoms with Gasteiger partial charge in [0.1, 0.15) is 34.7 Å². The fraction of sp³-hybridized carbons (Fsp3) is 0.500. The zero-order valence-electron chi connectivity index (χ0n) is 20.5. The van der Waals surface area contributed by atoms with Crippen LogP contribution in [-0.4, -0.2) is 56.5 Å². The van der Waals surface area contributed by atoms with Crippen molar-refractivity contribution in [3.05, 3.63) is 52.0 Å². The molecule has 0 amide bonds. The number of ether oxygens (including phenoxy) is 2. The average molecular weight is 579 g/mol. The highest BCUT2D eigenvalue weighted by Gasteiger charge is 2.54. The summed E-state index contributed by atoms with van der Waals surface area (Å²) in [4.78, 5) is 26.8. The molecule has 12 nitrogen and oxygen atoms in total. The molecule has 0 aliphatic carbocycles. The van der Waals surface area contributed by atoms with Crippen molar-refractivity contribution in [2.24, 2.45) is 0 Å². The number of aliphatic hydroxyl groups excluding tert-OH is 1. The van der Waals surface area contributed by atoms with Crippen LogP contribution in [-0.2, 0) is 23.4 Å². The number of aromatic nitrogens is 2. The van der Waals surface area contributed by atoms with Crippen LogP contribution in [0, 0.1) is 0 Å². The van der Waals surface area contributed by atoms with Crippen molar-refractivity contribution in [3.63, 3.8) is 0 Å². The summed E-state index contributed by atoms with van der Waals surface area (Å²) < 4.78 is 36.8. The lowest BCUT2D eigenvalue weighted by atomic mass is 10.0. The quantitative estimate of drug-likeness (QED) is 0.215. The number of para-hydroxylation sites is 1. The summed E-state index contributed by atoms with van der Waals surface area (Å²) in [7, 11) is -4.23. The summed E-state index contributed by atoms with van der Waals surface area (Å²) in [6, 6.07) is 7.08. The first-order valence-corrected chi connectivity index (χ1v) is 13.6. The Labute approximate surface area is 223 Å². The molecule has 6 atom stereocenters. The van der Waals surface area contributed by atoms with E-state index in [1.54, 1.807) is 44.2 Å². The first-order valence-electron chi connectivity index (χ1n) is 11.3. The van der Waals surface area contributed by atoms with Crippen LogP contribution in [0.15, 0.2) is 41.3 Å². The van der Waals surface area contributed by atoms with Gasteiger partial charge in [-0.15, -0.1) is 11.6 Å². The maximum atomic E-state index is 13.7. The van der Waals surface area contributed by atoms with E-state index in [4.69, 9.17) is 47.5 Å². The van der Waals surface area contributed by atoms with Gasteiger partial charge in [-0.3, -0.25) is 13.9 Å². The number of hydrogen-bond acceptors (Lipinski definition) is 10. The van der Waals surface area contributed by atoms with Crippen LogP contribution in [0.5, 0.6) is 5.75 Å². The molecule has 1 aromatic heterocycles. The molecule has 1 saturated heterocycles. The second-order valence-electron chi connectivity index (χ2n) is 8.82. The Bertz CT molecular complexity index is 1210. The van der Waals surface area contributed by atoms with E-state index in [1.165, 1.54) is 20.0 Å². The molecule has 0 radical (unpaired) electrons. The lowest BCUT2D eigenvalue weighted by Crippen LogP contribution is -2.42. The van der Waals surface area contributed by atoms with E-state index in [-0.39, 0.29) is 16.6 Å². The Balaban J connectivity index is 1.81. The van der Waals surface area contributed by atoms with Gasteiger partial charge in [0.05, 0.1) is 17.7 Å². The number of carbonyl (C=O) groups is 1. The number of benzene rings is 1. The molecular weight excluding hydrogens is 550 g/mol. The molecule has 2 heterocycles. The predicted octanol–water partition coefficient (Wildman–Crippen LogP) is 2.87. The highest BCUT2D eigenvalue weighted by molar-refractivity contribution is 7.52. The Morgan fingerprint density at radius 2 is 2.00 bits per heavy atom. The van der Waals surface area contributed by atoms with E-state index < -0.39 is 61.5 Å². The van der Waals surface area contributed by atoms with Gasteiger partial charge in [0, 0.05) is 6.20 Å². The van der Waals surface area contributed by atoms with Crippen LogP contribution >= 0.6 is 30.9 Å². The van der Waals surface area contributed by atoms with Crippen LogP contribution in [0.4, 0.5) is 5.82 Å². The van der Waals surface area contributed by atoms with Crippen LogP contribution in [0.2, 0.25) is 5.02 Å². The standard InChI is InChI=1S/C22H29Cl2N4O8P/c1-12(2)34-19(30)13(3)27-37(32,36-14-8-6-5-7-9-14)33-11-16-17(29)22(4,24)20(35-16)28-10-15(23)18(25)26-21(28)31/h5-10,12-13,16-17,20,29H,11H2,1-4H3,(H,27,32)(H2,25,26,31)/t13-,16-,17-,20-,22-,37-/m1/s1. The zero-order chi connectivity index (χ0) is 27.5. The van der Waals surface area contributed by atoms with Crippen molar-refractivity contribution in [1.82, 2.24) is 14.6 Å². The Kier molecular flexibility index (Phi) is 9.28. The third kappa shape index (κ3) is 7.02. The Morgan fingerprint density at radius 3 is 2.62 bits per heavy atom. The summed E-state index contributed by atoms with van der Waals surface area (Å²) >= 11 is 12.6. The van der Waals surface area contributed by atoms with E-state index in [0.29, 0.717) is 0 Å². The van der Waals surface area contributed by atoms with Gasteiger partial charge >= 0.3 is 19.4 Å². The topological polar surface area (TPSA) is 164 Å². The molecule has 204 valence electrons. The molecule has 4 N–H and O–H groups in total. The van der Waals surface area contributed by atoms with Crippen molar-refractivity contribution >= 4 is 42.7 Å². The molecule has 3 rings (SSSR count). The number of nitrogens with zero attached hydrogens (tertiary/aromatic N) is 2. The van der Waals surface area contributed by atoms with Crippen molar-refractivity contribution < 1.29 is 33.0 Å². The normalized spacial score (nSPS) is 26.0. The number of nitrogens with two attached hydrogens (primary N) is 1. The van der Waals surface area contributed by atoms with Gasteiger partial charge in [0.2, 0.25) is 0 Å². The number of anilines is 1. The number of rotatable bonds is 10. The lowest BCUT2D eigenvalue weighted by molar-refractivity contribution is -0.149. The van der Waals surface area contributed by atoms with Crippen LogP contribution < -0.4 is 21.0 Å². The summed E-state index contributed by atoms with van der Waals surface area (Å²) in [5, 5.41) is 13.4. The number of halogens is 2. The molecule has 1 fully saturated rings. The van der Waals surface area contributed by atoms with Crippen molar-refractivity contribution in [2.45, 2.75) is 63.2 Å². The van der Waals surface area contributed by atoms with Crippen LogP contribution in [0.3, 0.4) is 0 Å². The number of carbonyl (C=O) groups excluding carboxylic acids is 1. The Hall–Kier alpha value is -2.18. The number of aliphatic hydroxyl groups is 1. The second-order valence-corrected chi connectivity index (χ2v) is 11.7. The molecule has 1 aliphatic rings. The summed E-state index contributed by atoms with van der Waals surface area (Å²) in [5.41, 5.74) is 4.77. The first-order chi connectivity index (χ1) is 17.2. The number of nitrogen functional groups attached to an aromatic ring is 1. The molecular formula is C22H29Cl2N4O8P. The highest BCUT2D eigenvalue weighted by atomic mass is 35.5. The third-order valence-corrected chi connectivity index (χ3v) is 7.68. The molecule has 0 unspecified atom stereocenters. The van der Waals surface area contributed by atoms with E-state index in [9.17, 15) is 19.3 Å². The maximum Gasteiger partial charge on any atom is 0.459 e. The molecule has 1 aliphatic heterocycles. The molecule has 15 heteroatoms. The lowest BCUT2D eigenvalue weighted by Gasteiger charge is -2.26. The predicted molar refractivity (Wildman–Crippen MR) is 137 cm³/mol. The minimum atomic E-state index is -4.23. The number of nitrogens with one attached hydrogen (secondary N) is 1. The third-order valence-electron chi connectivity index (χ3n) is 5.34. The maximum absolute atomic E-state index is 13.7. The fourth-order valence-electron chi connectivity index (χ4n) is 3.48. The number of esters is 1. The molecule has 2 aromatic rings. The number of alkyl halides is 1. The SMILES string of the molecule is CC(C)OC(=O)[C@@H](C)N[P@@](=O)(OC[C@H]1O[C@@H](n2cc(Cl)c(N)nc2=O)[C@](C)(Cl)[C@@H]1O)Oc1ccccc1. The van der Waals surface area contributed by atoms with Gasteiger partial charge in [-0.05, 0) is 39.8 Å². The van der Waals surface area contributed by atoms with Crippen molar-refractivity contribution in [1.29, 1.82) is 0 Å². The van der Waals surface area contributed by atoms with Crippen LogP contribution in [0.1, 0.15) is 33.9 Å². The molecule has 37 heavy (non-hydrogen) atoms. The van der Waals surface area contributed by atoms with E-state index in [1.807, 2.05) is 0 Å². The smallest absolute Gasteiger partial charge is 0.459 e. The summed E-state index contributed by atoms with van der Waals surface area (Å²) in [6.07, 6.45) is -2.98. The van der Waals surface area contributed by atoms with Gasteiger partial charge < -0.3 is 24.8 Å². The Morgan fingerprint density at radius 1 is 1.35 bits per heavy atom. The van der Waals surface area contributed by atoms with Gasteiger partial charge in [-0.1, -0.05) is 29.8 Å². The summed E-state index contributed by atoms with van der Waals surface area (Å²) in [6.45, 7) is 5.74. The van der Waals surface area contributed by atoms with Gasteiger partial charge in [-0.2, -0.15) is 10.1 Å². The minimum Gasteiger partial charge on any atom is -0.462 e. The van der Waals surface area contributed by atoms with Gasteiger partial charge in [0.25, 0.3) is 0 Å². The first kappa shape index (κ1) is 29.4. The van der Waals surface area contributed by atoms with E-state index >= 15 is 0 Å². The zero-order valence-corrected chi connectivity index (χ0v) is 22.9. The highest BCUT2D eigenvalue weighted by Crippen LogP contribution is 2.48. The summed E-state index contributed by atoms with van der Waals surface area (Å²) in [5.74, 6) is -0.647. The molecule has 0 saturated carbocycles. The van der Waals surface area contributed by atoms with E-state index in [0.717, 1.165) is 4.57 Å². The van der Waals surface area contributed by atoms with Gasteiger partial charge in [-0.25, -0.2) is 9.36 Å². The fourth-order valence-corrected chi connectivity index (χ4v) is 5.43. The minimum absolute atomic E-state index is 0.0166.